The SMILES string of the molecule is CSc1ccc(/C=C/C(=O)c2c(O)c(C)c(O)c3c2OC2=CC(O)=C(C(C)=O)C(=O)[C@]23C)cc1. The number of Topliss-reactive ketones (excluding diaryl/α,β-unsaturated/α-hetero) is 2. The lowest BCUT2D eigenvalue weighted by Gasteiger charge is -2.28. The number of allylic oxidation sites excluding steroid dienone is 4. The van der Waals surface area contributed by atoms with E-state index in [0.29, 0.717) is 0 Å². The third kappa shape index (κ3) is 3.33. The Morgan fingerprint density at radius 2 is 1.74 bits per heavy atom. The van der Waals surface area contributed by atoms with E-state index in [2.05, 4.69) is 0 Å². The van der Waals surface area contributed by atoms with Gasteiger partial charge in [0.1, 0.15) is 45.3 Å². The minimum Gasteiger partial charge on any atom is -0.507 e. The quantitative estimate of drug-likeness (QED) is 0.248. The molecular formula is C26H22O7S. The number of hydrogen-bond donors (Lipinski definition) is 3. The van der Waals surface area contributed by atoms with Crippen LogP contribution >= 0.6 is 11.8 Å². The van der Waals surface area contributed by atoms with Gasteiger partial charge in [-0.3, -0.25) is 14.4 Å². The monoisotopic (exact) mass is 478 g/mol. The molecule has 4 rings (SSSR count). The number of ketones is 3. The second-order valence-electron chi connectivity index (χ2n) is 8.25. The average molecular weight is 479 g/mol. The predicted octanol–water partition coefficient (Wildman–Crippen LogP) is 4.54. The Morgan fingerprint density at radius 1 is 1.09 bits per heavy atom. The van der Waals surface area contributed by atoms with Crippen molar-refractivity contribution in [1.29, 1.82) is 0 Å². The van der Waals surface area contributed by atoms with Gasteiger partial charge in [-0.1, -0.05) is 18.2 Å². The maximum absolute atomic E-state index is 13.3. The van der Waals surface area contributed by atoms with E-state index in [0.717, 1.165) is 23.5 Å². The van der Waals surface area contributed by atoms with Crippen LogP contribution in [0.3, 0.4) is 0 Å². The lowest BCUT2D eigenvalue weighted by molar-refractivity contribution is -0.123. The molecule has 0 saturated heterocycles. The van der Waals surface area contributed by atoms with Crippen molar-refractivity contribution in [1.82, 2.24) is 0 Å². The Labute approximate surface area is 200 Å². The maximum Gasteiger partial charge on any atom is 0.193 e. The van der Waals surface area contributed by atoms with E-state index in [4.69, 9.17) is 4.74 Å². The molecule has 1 aliphatic heterocycles. The van der Waals surface area contributed by atoms with E-state index in [1.807, 2.05) is 30.5 Å². The van der Waals surface area contributed by atoms with Crippen molar-refractivity contribution in [2.24, 2.45) is 0 Å². The molecule has 1 aliphatic carbocycles. The van der Waals surface area contributed by atoms with Crippen molar-refractivity contribution in [3.8, 4) is 17.2 Å². The van der Waals surface area contributed by atoms with Crippen molar-refractivity contribution in [3.05, 3.63) is 75.8 Å². The Morgan fingerprint density at radius 3 is 2.32 bits per heavy atom. The number of phenolic OH excluding ortho intramolecular Hbond substituents is 2. The van der Waals surface area contributed by atoms with Gasteiger partial charge in [0, 0.05) is 16.5 Å². The number of fused-ring (bicyclic) bond motifs is 3. The first kappa shape index (κ1) is 23.4. The zero-order valence-electron chi connectivity index (χ0n) is 18.9. The molecule has 0 aromatic heterocycles. The lowest BCUT2D eigenvalue weighted by atomic mass is 9.71. The fraction of sp³-hybridized carbons (Fsp3) is 0.192. The van der Waals surface area contributed by atoms with Crippen LogP contribution in [0.2, 0.25) is 0 Å². The normalized spacial score (nSPS) is 19.1. The number of hydrogen-bond acceptors (Lipinski definition) is 8. The predicted molar refractivity (Wildman–Crippen MR) is 128 cm³/mol. The number of carbonyl (C=O) groups is 3. The van der Waals surface area contributed by atoms with Crippen molar-refractivity contribution < 1.29 is 34.4 Å². The summed E-state index contributed by atoms with van der Waals surface area (Å²) < 4.78 is 5.79. The van der Waals surface area contributed by atoms with Gasteiger partial charge in [0.2, 0.25) is 0 Å². The second-order valence-corrected chi connectivity index (χ2v) is 9.13. The smallest absolute Gasteiger partial charge is 0.193 e. The molecule has 7 nitrogen and oxygen atoms in total. The standard InChI is InChI=1S/C26H22O7S/c1-12-22(30)20(16(28)10-7-14-5-8-15(34-4)9-6-14)24-21(23(12)31)26(3)18(33-24)11-17(29)19(13(2)27)25(26)32/h5-11,29-31H,1-4H3/b10-7+/t26-/m1/s1. The highest BCUT2D eigenvalue weighted by molar-refractivity contribution is 7.98. The molecule has 34 heavy (non-hydrogen) atoms. The van der Waals surface area contributed by atoms with Gasteiger partial charge in [-0.2, -0.15) is 0 Å². The highest BCUT2D eigenvalue weighted by Crippen LogP contribution is 2.57. The highest BCUT2D eigenvalue weighted by atomic mass is 32.2. The molecule has 1 atom stereocenters. The molecule has 0 fully saturated rings. The molecule has 1 heterocycles. The van der Waals surface area contributed by atoms with Crippen molar-refractivity contribution in [3.63, 3.8) is 0 Å². The second kappa shape index (κ2) is 8.22. The van der Waals surface area contributed by atoms with Crippen LogP contribution in [-0.4, -0.2) is 38.9 Å². The summed E-state index contributed by atoms with van der Waals surface area (Å²) in [5, 5.41) is 31.8. The summed E-state index contributed by atoms with van der Waals surface area (Å²) >= 11 is 1.59. The lowest BCUT2D eigenvalue weighted by Crippen LogP contribution is -2.38. The van der Waals surface area contributed by atoms with Gasteiger partial charge in [0.25, 0.3) is 0 Å². The van der Waals surface area contributed by atoms with E-state index in [-0.39, 0.29) is 28.2 Å². The summed E-state index contributed by atoms with van der Waals surface area (Å²) in [6.07, 6.45) is 5.93. The van der Waals surface area contributed by atoms with E-state index in [1.165, 1.54) is 19.9 Å². The van der Waals surface area contributed by atoms with Gasteiger partial charge in [0.15, 0.2) is 17.3 Å². The fourth-order valence-corrected chi connectivity index (χ4v) is 4.64. The van der Waals surface area contributed by atoms with Crippen LogP contribution in [0.1, 0.15) is 40.9 Å². The molecular weight excluding hydrogens is 456 g/mol. The molecule has 0 bridgehead atoms. The van der Waals surface area contributed by atoms with Gasteiger partial charge >= 0.3 is 0 Å². The van der Waals surface area contributed by atoms with E-state index >= 15 is 0 Å². The number of thioether (sulfide) groups is 1. The Hall–Kier alpha value is -3.78. The number of aliphatic hydroxyl groups is 1. The van der Waals surface area contributed by atoms with Crippen LogP contribution in [-0.2, 0) is 15.0 Å². The largest absolute Gasteiger partial charge is 0.507 e. The first-order valence-electron chi connectivity index (χ1n) is 10.4. The van der Waals surface area contributed by atoms with Crippen molar-refractivity contribution in [2.75, 3.05) is 6.26 Å². The van der Waals surface area contributed by atoms with Gasteiger partial charge in [-0.25, -0.2) is 0 Å². The van der Waals surface area contributed by atoms with Crippen LogP contribution in [0.5, 0.6) is 17.2 Å². The third-order valence-electron chi connectivity index (χ3n) is 6.19. The van der Waals surface area contributed by atoms with Gasteiger partial charge in [-0.15, -0.1) is 11.8 Å². The number of ether oxygens (including phenoxy) is 1. The maximum atomic E-state index is 13.3. The molecule has 0 spiro atoms. The number of aromatic hydroxyl groups is 2. The number of carbonyl (C=O) groups excluding carboxylic acids is 3. The summed E-state index contributed by atoms with van der Waals surface area (Å²) in [4.78, 5) is 39.6. The molecule has 174 valence electrons. The summed E-state index contributed by atoms with van der Waals surface area (Å²) in [6.45, 7) is 4.00. The fourth-order valence-electron chi connectivity index (χ4n) is 4.23. The molecule has 2 aliphatic rings. The molecule has 2 aromatic rings. The molecule has 0 saturated carbocycles. The molecule has 2 aromatic carbocycles. The van der Waals surface area contributed by atoms with Crippen LogP contribution in [0.4, 0.5) is 0 Å². The Balaban J connectivity index is 1.85. The molecule has 8 heteroatoms. The topological polar surface area (TPSA) is 121 Å². The van der Waals surface area contributed by atoms with Gasteiger partial charge in [-0.05, 0) is 50.8 Å². The number of aliphatic hydroxyl groups excluding tert-OH is 1. The molecule has 0 unspecified atom stereocenters. The minimum atomic E-state index is -1.66. The summed E-state index contributed by atoms with van der Waals surface area (Å²) in [7, 11) is 0. The number of benzene rings is 2. The Bertz CT molecular complexity index is 1360. The van der Waals surface area contributed by atoms with Crippen LogP contribution < -0.4 is 4.74 Å². The van der Waals surface area contributed by atoms with Crippen molar-refractivity contribution >= 4 is 35.2 Å². The van der Waals surface area contributed by atoms with Crippen molar-refractivity contribution in [2.45, 2.75) is 31.1 Å². The first-order chi connectivity index (χ1) is 16.0. The number of rotatable bonds is 5. The number of phenols is 2. The van der Waals surface area contributed by atoms with Crippen LogP contribution in [0, 0.1) is 6.92 Å². The minimum absolute atomic E-state index is 0.0122. The molecule has 0 amide bonds. The summed E-state index contributed by atoms with van der Waals surface area (Å²) in [5.41, 5.74) is -1.59. The van der Waals surface area contributed by atoms with E-state index in [9.17, 15) is 29.7 Å². The first-order valence-corrected chi connectivity index (χ1v) is 11.6. The van der Waals surface area contributed by atoms with Gasteiger partial charge < -0.3 is 20.1 Å². The molecule has 0 radical (unpaired) electrons. The van der Waals surface area contributed by atoms with Crippen LogP contribution in [0.15, 0.2) is 58.4 Å². The third-order valence-corrected chi connectivity index (χ3v) is 6.93. The summed E-state index contributed by atoms with van der Waals surface area (Å²) in [6, 6.07) is 7.51. The Kier molecular flexibility index (Phi) is 5.65. The summed E-state index contributed by atoms with van der Waals surface area (Å²) in [5.74, 6) is -3.73. The van der Waals surface area contributed by atoms with Crippen LogP contribution in [0.25, 0.3) is 6.08 Å². The zero-order valence-corrected chi connectivity index (χ0v) is 19.7. The highest BCUT2D eigenvalue weighted by Gasteiger charge is 2.55. The molecule has 3 N–H and O–H groups in total. The van der Waals surface area contributed by atoms with Gasteiger partial charge in [0.05, 0.1) is 5.56 Å². The van der Waals surface area contributed by atoms with E-state index < -0.39 is 45.6 Å². The van der Waals surface area contributed by atoms with E-state index in [1.54, 1.807) is 17.8 Å². The zero-order chi connectivity index (χ0) is 24.9. The average Bonchev–Trinajstić information content (AvgIpc) is 3.09.